The van der Waals surface area contributed by atoms with Gasteiger partial charge in [0.1, 0.15) is 10.6 Å². The molecule has 0 aliphatic heterocycles. The Balaban J connectivity index is 2.48. The lowest BCUT2D eigenvalue weighted by Gasteiger charge is -1.99. The van der Waals surface area contributed by atoms with Gasteiger partial charge >= 0.3 is 6.03 Å². The minimum atomic E-state index is -0.775. The maximum atomic E-state index is 11.3. The molecule has 0 aliphatic rings. The highest BCUT2D eigenvalue weighted by molar-refractivity contribution is 7.18. The summed E-state index contributed by atoms with van der Waals surface area (Å²) in [4.78, 5) is 23.1. The molecule has 2 aromatic rings. The first-order valence-electron chi connectivity index (χ1n) is 5.27. The van der Waals surface area contributed by atoms with Gasteiger partial charge in [0.05, 0.1) is 5.69 Å². The largest absolute Gasteiger partial charge is 0.508 e. The fourth-order valence-electron chi connectivity index (χ4n) is 1.60. The summed E-state index contributed by atoms with van der Waals surface area (Å²) in [6, 6.07) is 7.34. The Hall–Kier alpha value is -2.54. The molecule has 98 valence electrons. The molecule has 1 aromatic carbocycles. The Morgan fingerprint density at radius 2 is 1.95 bits per heavy atom. The molecule has 0 spiro atoms. The van der Waals surface area contributed by atoms with Gasteiger partial charge in [-0.3, -0.25) is 4.79 Å². The van der Waals surface area contributed by atoms with Crippen molar-refractivity contribution < 1.29 is 14.7 Å². The molecule has 0 atom stereocenters. The third kappa shape index (κ3) is 2.83. The zero-order valence-electron chi connectivity index (χ0n) is 9.71. The van der Waals surface area contributed by atoms with Crippen molar-refractivity contribution in [2.75, 3.05) is 5.32 Å². The number of benzene rings is 1. The standard InChI is InChI=1S/C12H11N3O3S/c13-11(17)10-8(15-12(14)18)5-9(19-10)6-2-1-3-7(16)4-6/h1-5,16H,(H2,13,17)(H3,14,15,18). The van der Waals surface area contributed by atoms with Crippen LogP contribution in [-0.2, 0) is 0 Å². The second-order valence-electron chi connectivity index (χ2n) is 3.76. The van der Waals surface area contributed by atoms with Crippen molar-refractivity contribution in [2.45, 2.75) is 0 Å². The van der Waals surface area contributed by atoms with Crippen LogP contribution in [0.25, 0.3) is 10.4 Å². The number of phenols is 1. The van der Waals surface area contributed by atoms with Gasteiger partial charge < -0.3 is 21.9 Å². The number of phenolic OH excluding ortho intramolecular Hbond substituents is 1. The highest BCUT2D eigenvalue weighted by Crippen LogP contribution is 2.35. The summed E-state index contributed by atoms with van der Waals surface area (Å²) < 4.78 is 0. The van der Waals surface area contributed by atoms with E-state index in [0.29, 0.717) is 10.4 Å². The first kappa shape index (κ1) is 12.9. The Bertz CT molecular complexity index is 651. The fraction of sp³-hybridized carbons (Fsp3) is 0. The van der Waals surface area contributed by atoms with E-state index in [0.717, 1.165) is 11.3 Å². The molecule has 0 saturated carbocycles. The highest BCUT2D eigenvalue weighted by Gasteiger charge is 2.16. The van der Waals surface area contributed by atoms with Gasteiger partial charge in [-0.25, -0.2) is 4.79 Å². The van der Waals surface area contributed by atoms with Gasteiger partial charge in [0, 0.05) is 4.88 Å². The molecule has 3 amide bonds. The van der Waals surface area contributed by atoms with E-state index < -0.39 is 11.9 Å². The maximum Gasteiger partial charge on any atom is 0.316 e. The third-order valence-electron chi connectivity index (χ3n) is 2.34. The lowest BCUT2D eigenvalue weighted by atomic mass is 10.2. The Kier molecular flexibility index (Phi) is 3.39. The number of nitrogens with two attached hydrogens (primary N) is 2. The van der Waals surface area contributed by atoms with Gasteiger partial charge in [-0.15, -0.1) is 11.3 Å². The first-order valence-corrected chi connectivity index (χ1v) is 6.08. The second-order valence-corrected chi connectivity index (χ2v) is 4.81. The summed E-state index contributed by atoms with van der Waals surface area (Å²) >= 11 is 1.12. The quantitative estimate of drug-likeness (QED) is 0.683. The number of primary amides is 2. The molecule has 0 saturated heterocycles. The molecule has 6 N–H and O–H groups in total. The second kappa shape index (κ2) is 4.99. The molecule has 0 unspecified atom stereocenters. The van der Waals surface area contributed by atoms with Crippen molar-refractivity contribution in [3.8, 4) is 16.2 Å². The van der Waals surface area contributed by atoms with Crippen LogP contribution in [0.1, 0.15) is 9.67 Å². The molecule has 0 fully saturated rings. The molecule has 2 rings (SSSR count). The molecule has 19 heavy (non-hydrogen) atoms. The van der Waals surface area contributed by atoms with Crippen molar-refractivity contribution in [1.82, 2.24) is 0 Å². The molecule has 0 aliphatic carbocycles. The zero-order valence-corrected chi connectivity index (χ0v) is 10.5. The van der Waals surface area contributed by atoms with Gasteiger partial charge in [-0.05, 0) is 23.8 Å². The Morgan fingerprint density at radius 1 is 1.21 bits per heavy atom. The van der Waals surface area contributed by atoms with Crippen LogP contribution in [0.15, 0.2) is 30.3 Å². The number of hydrogen-bond acceptors (Lipinski definition) is 4. The van der Waals surface area contributed by atoms with Crippen LogP contribution < -0.4 is 16.8 Å². The SMILES string of the molecule is NC(=O)Nc1cc(-c2cccc(O)c2)sc1C(N)=O. The van der Waals surface area contributed by atoms with Crippen LogP contribution in [0.2, 0.25) is 0 Å². The lowest BCUT2D eigenvalue weighted by Crippen LogP contribution is -2.21. The topological polar surface area (TPSA) is 118 Å². The fourth-order valence-corrected chi connectivity index (χ4v) is 2.56. The number of rotatable bonds is 3. The minimum Gasteiger partial charge on any atom is -0.508 e. The average molecular weight is 277 g/mol. The smallest absolute Gasteiger partial charge is 0.316 e. The lowest BCUT2D eigenvalue weighted by molar-refractivity contribution is 0.100. The van der Waals surface area contributed by atoms with Crippen molar-refractivity contribution in [2.24, 2.45) is 11.5 Å². The van der Waals surface area contributed by atoms with Crippen LogP contribution in [-0.4, -0.2) is 17.0 Å². The van der Waals surface area contributed by atoms with E-state index in [2.05, 4.69) is 5.32 Å². The van der Waals surface area contributed by atoms with Gasteiger partial charge in [-0.2, -0.15) is 0 Å². The minimum absolute atomic E-state index is 0.107. The van der Waals surface area contributed by atoms with Crippen molar-refractivity contribution in [3.05, 3.63) is 35.2 Å². The number of carbonyl (C=O) groups excluding carboxylic acids is 2. The summed E-state index contributed by atoms with van der Waals surface area (Å²) in [6.45, 7) is 0. The van der Waals surface area contributed by atoms with Gasteiger partial charge in [0.2, 0.25) is 0 Å². The van der Waals surface area contributed by atoms with Gasteiger partial charge in [0.25, 0.3) is 5.91 Å². The number of aromatic hydroxyl groups is 1. The van der Waals surface area contributed by atoms with Gasteiger partial charge in [-0.1, -0.05) is 12.1 Å². The molecule has 7 heteroatoms. The van der Waals surface area contributed by atoms with Crippen molar-refractivity contribution in [3.63, 3.8) is 0 Å². The first-order chi connectivity index (χ1) is 8.97. The monoisotopic (exact) mass is 277 g/mol. The summed E-state index contributed by atoms with van der Waals surface area (Å²) in [5.74, 6) is -0.545. The van der Waals surface area contributed by atoms with E-state index in [1.165, 1.54) is 6.07 Å². The van der Waals surface area contributed by atoms with E-state index in [9.17, 15) is 14.7 Å². The van der Waals surface area contributed by atoms with Crippen molar-refractivity contribution in [1.29, 1.82) is 0 Å². The highest BCUT2D eigenvalue weighted by atomic mass is 32.1. The number of amides is 3. The summed E-state index contributed by atoms with van der Waals surface area (Å²) in [6.07, 6.45) is 0. The van der Waals surface area contributed by atoms with E-state index >= 15 is 0 Å². The third-order valence-corrected chi connectivity index (χ3v) is 3.54. The van der Waals surface area contributed by atoms with Crippen LogP contribution in [0, 0.1) is 0 Å². The van der Waals surface area contributed by atoms with E-state index in [1.54, 1.807) is 24.3 Å². The van der Waals surface area contributed by atoms with E-state index in [1.807, 2.05) is 0 Å². The molecular weight excluding hydrogens is 266 g/mol. The predicted octanol–water partition coefficient (Wildman–Crippen LogP) is 1.71. The maximum absolute atomic E-state index is 11.3. The number of thiophene rings is 1. The number of urea groups is 1. The van der Waals surface area contributed by atoms with E-state index in [-0.39, 0.29) is 16.3 Å². The predicted molar refractivity (Wildman–Crippen MR) is 73.1 cm³/mol. The number of carbonyl (C=O) groups is 2. The summed E-state index contributed by atoms with van der Waals surface area (Å²) in [7, 11) is 0. The van der Waals surface area contributed by atoms with Gasteiger partial charge in [0.15, 0.2) is 0 Å². The van der Waals surface area contributed by atoms with Crippen LogP contribution in [0.4, 0.5) is 10.5 Å². The number of nitrogens with one attached hydrogen (secondary N) is 1. The molecular formula is C12H11N3O3S. The molecule has 6 nitrogen and oxygen atoms in total. The number of anilines is 1. The Morgan fingerprint density at radius 3 is 2.53 bits per heavy atom. The zero-order chi connectivity index (χ0) is 14.0. The number of hydrogen-bond donors (Lipinski definition) is 4. The molecule has 0 bridgehead atoms. The normalized spacial score (nSPS) is 10.1. The van der Waals surface area contributed by atoms with E-state index in [4.69, 9.17) is 11.5 Å². The molecule has 1 aromatic heterocycles. The molecule has 0 radical (unpaired) electrons. The summed E-state index contributed by atoms with van der Waals surface area (Å²) in [5.41, 5.74) is 11.2. The summed E-state index contributed by atoms with van der Waals surface area (Å²) in [5, 5.41) is 11.8. The Labute approximate surface area is 112 Å². The van der Waals surface area contributed by atoms with Crippen molar-refractivity contribution >= 4 is 29.0 Å². The van der Waals surface area contributed by atoms with Crippen LogP contribution >= 0.6 is 11.3 Å². The van der Waals surface area contributed by atoms with Crippen LogP contribution in [0.3, 0.4) is 0 Å². The molecule has 1 heterocycles. The van der Waals surface area contributed by atoms with Crippen LogP contribution in [0.5, 0.6) is 5.75 Å². The average Bonchev–Trinajstić information content (AvgIpc) is 2.72.